The third kappa shape index (κ3) is 2.30. The lowest BCUT2D eigenvalue weighted by atomic mass is 9.95. The van der Waals surface area contributed by atoms with Crippen molar-refractivity contribution in [1.29, 1.82) is 0 Å². The lowest BCUT2D eigenvalue weighted by Crippen LogP contribution is -2.39. The third-order valence-electron chi connectivity index (χ3n) is 3.82. The highest BCUT2D eigenvalue weighted by atomic mass is 16.2. The maximum Gasteiger partial charge on any atom is 0.255 e. The molecule has 0 bridgehead atoms. The molecule has 2 aromatic rings. The Bertz CT molecular complexity index is 593. The summed E-state index contributed by atoms with van der Waals surface area (Å²) >= 11 is 0. The van der Waals surface area contributed by atoms with E-state index in [0.29, 0.717) is 17.1 Å². The Labute approximate surface area is 111 Å². The molecular formula is C13H17N5O. The molecule has 1 atom stereocenters. The van der Waals surface area contributed by atoms with Gasteiger partial charge in [-0.2, -0.15) is 4.52 Å². The van der Waals surface area contributed by atoms with Crippen molar-refractivity contribution in [3.8, 4) is 0 Å². The molecule has 3 rings (SSSR count). The molecule has 1 fully saturated rings. The Morgan fingerprint density at radius 3 is 3.21 bits per heavy atom. The van der Waals surface area contributed by atoms with E-state index in [4.69, 9.17) is 0 Å². The predicted molar refractivity (Wildman–Crippen MR) is 69.7 cm³/mol. The fourth-order valence-corrected chi connectivity index (χ4v) is 2.63. The van der Waals surface area contributed by atoms with Crippen LogP contribution in [0, 0.1) is 5.92 Å². The molecule has 0 unspecified atom stereocenters. The number of nitrogens with zero attached hydrogens (tertiary/aromatic N) is 5. The summed E-state index contributed by atoms with van der Waals surface area (Å²) in [5.41, 5.74) is 1.30. The molecule has 0 aromatic carbocycles. The summed E-state index contributed by atoms with van der Waals surface area (Å²) in [6, 6.07) is 3.57. The highest BCUT2D eigenvalue weighted by Crippen LogP contribution is 2.20. The van der Waals surface area contributed by atoms with Crippen molar-refractivity contribution in [3.05, 3.63) is 23.9 Å². The van der Waals surface area contributed by atoms with Crippen LogP contribution in [0.2, 0.25) is 0 Å². The molecule has 19 heavy (non-hydrogen) atoms. The second-order valence-corrected chi connectivity index (χ2v) is 5.07. The molecule has 0 N–H and O–H groups in total. The fourth-order valence-electron chi connectivity index (χ4n) is 2.63. The second kappa shape index (κ2) is 4.95. The number of hydrogen-bond acceptors (Lipinski definition) is 4. The molecule has 100 valence electrons. The van der Waals surface area contributed by atoms with Gasteiger partial charge in [-0.05, 0) is 41.3 Å². The Morgan fingerprint density at radius 1 is 1.47 bits per heavy atom. The number of likely N-dealkylation sites (tertiary alicyclic amines) is 1. The lowest BCUT2D eigenvalue weighted by molar-refractivity contribution is 0.0670. The van der Waals surface area contributed by atoms with Gasteiger partial charge in [0.1, 0.15) is 0 Å². The SMILES string of the molecule is CC[C@H]1CCCN(C(=O)c2ccc3nnnn3c2)C1. The number of carbonyl (C=O) groups is 1. The van der Waals surface area contributed by atoms with E-state index in [0.717, 1.165) is 25.9 Å². The number of rotatable bonds is 2. The van der Waals surface area contributed by atoms with Gasteiger partial charge in [0.05, 0.1) is 5.56 Å². The number of carbonyl (C=O) groups excluding carboxylic acids is 1. The summed E-state index contributed by atoms with van der Waals surface area (Å²) < 4.78 is 1.54. The lowest BCUT2D eigenvalue weighted by Gasteiger charge is -2.32. The van der Waals surface area contributed by atoms with E-state index in [-0.39, 0.29) is 5.91 Å². The molecule has 1 amide bonds. The predicted octanol–water partition coefficient (Wildman–Crippen LogP) is 1.39. The number of amides is 1. The van der Waals surface area contributed by atoms with Crippen LogP contribution in [-0.4, -0.2) is 43.9 Å². The largest absolute Gasteiger partial charge is 0.338 e. The van der Waals surface area contributed by atoms with Crippen molar-refractivity contribution in [2.24, 2.45) is 5.92 Å². The molecule has 1 aliphatic heterocycles. The normalized spacial score (nSPS) is 19.8. The van der Waals surface area contributed by atoms with Gasteiger partial charge in [-0.1, -0.05) is 13.3 Å². The minimum Gasteiger partial charge on any atom is -0.338 e. The number of hydrogen-bond donors (Lipinski definition) is 0. The van der Waals surface area contributed by atoms with Crippen molar-refractivity contribution in [2.45, 2.75) is 26.2 Å². The fraction of sp³-hybridized carbons (Fsp3) is 0.538. The molecule has 3 heterocycles. The van der Waals surface area contributed by atoms with Crippen LogP contribution in [0.15, 0.2) is 18.3 Å². The number of fused-ring (bicyclic) bond motifs is 1. The van der Waals surface area contributed by atoms with Crippen molar-refractivity contribution in [1.82, 2.24) is 24.9 Å². The first-order valence-corrected chi connectivity index (χ1v) is 6.75. The highest BCUT2D eigenvalue weighted by Gasteiger charge is 2.23. The quantitative estimate of drug-likeness (QED) is 0.817. The third-order valence-corrected chi connectivity index (χ3v) is 3.82. The number of aromatic nitrogens is 4. The second-order valence-electron chi connectivity index (χ2n) is 5.07. The first kappa shape index (κ1) is 12.1. The minimum absolute atomic E-state index is 0.0792. The van der Waals surface area contributed by atoms with Gasteiger partial charge in [0.2, 0.25) is 0 Å². The van der Waals surface area contributed by atoms with E-state index in [1.807, 2.05) is 4.90 Å². The summed E-state index contributed by atoms with van der Waals surface area (Å²) in [6.07, 6.45) is 5.16. The standard InChI is InChI=1S/C13H17N5O/c1-2-10-4-3-7-17(8-10)13(19)11-5-6-12-14-15-16-18(12)9-11/h5-6,9-10H,2-4,7-8H2,1H3/t10-/m0/s1. The molecular weight excluding hydrogens is 242 g/mol. The van der Waals surface area contributed by atoms with Gasteiger partial charge in [-0.25, -0.2) is 0 Å². The molecule has 2 aromatic heterocycles. The summed E-state index contributed by atoms with van der Waals surface area (Å²) in [5, 5.41) is 11.2. The van der Waals surface area contributed by atoms with Crippen molar-refractivity contribution < 1.29 is 4.79 Å². The average molecular weight is 259 g/mol. The zero-order chi connectivity index (χ0) is 13.2. The Kier molecular flexibility index (Phi) is 3.15. The molecule has 6 heteroatoms. The maximum absolute atomic E-state index is 12.5. The van der Waals surface area contributed by atoms with E-state index in [2.05, 4.69) is 22.4 Å². The van der Waals surface area contributed by atoms with Crippen molar-refractivity contribution in [2.75, 3.05) is 13.1 Å². The molecule has 6 nitrogen and oxygen atoms in total. The van der Waals surface area contributed by atoms with E-state index >= 15 is 0 Å². The Morgan fingerprint density at radius 2 is 2.37 bits per heavy atom. The van der Waals surface area contributed by atoms with Gasteiger partial charge < -0.3 is 4.90 Å². The molecule has 0 spiro atoms. The molecule has 1 aliphatic rings. The van der Waals surface area contributed by atoms with Crippen LogP contribution >= 0.6 is 0 Å². The van der Waals surface area contributed by atoms with E-state index < -0.39 is 0 Å². The van der Waals surface area contributed by atoms with Crippen LogP contribution in [0.1, 0.15) is 36.5 Å². The van der Waals surface area contributed by atoms with Gasteiger partial charge in [0, 0.05) is 19.3 Å². The summed E-state index contributed by atoms with van der Waals surface area (Å²) in [6.45, 7) is 3.90. The monoisotopic (exact) mass is 259 g/mol. The number of pyridine rings is 1. The number of piperidine rings is 1. The van der Waals surface area contributed by atoms with Crippen molar-refractivity contribution in [3.63, 3.8) is 0 Å². The van der Waals surface area contributed by atoms with Gasteiger partial charge in [0.15, 0.2) is 5.65 Å². The molecule has 1 saturated heterocycles. The average Bonchev–Trinajstić information content (AvgIpc) is 2.94. The zero-order valence-electron chi connectivity index (χ0n) is 11.0. The van der Waals surface area contributed by atoms with Crippen LogP contribution in [0.5, 0.6) is 0 Å². The van der Waals surface area contributed by atoms with Gasteiger partial charge in [0.25, 0.3) is 5.91 Å². The van der Waals surface area contributed by atoms with Crippen LogP contribution in [0.3, 0.4) is 0 Å². The molecule has 0 saturated carbocycles. The van der Waals surface area contributed by atoms with Crippen LogP contribution < -0.4 is 0 Å². The molecule has 0 aliphatic carbocycles. The minimum atomic E-state index is 0.0792. The molecule has 0 radical (unpaired) electrons. The van der Waals surface area contributed by atoms with E-state index in [1.54, 1.807) is 18.3 Å². The van der Waals surface area contributed by atoms with Gasteiger partial charge in [-0.15, -0.1) is 5.10 Å². The van der Waals surface area contributed by atoms with Crippen LogP contribution in [-0.2, 0) is 0 Å². The van der Waals surface area contributed by atoms with Crippen LogP contribution in [0.4, 0.5) is 0 Å². The Balaban J connectivity index is 1.82. The van der Waals surface area contributed by atoms with Crippen LogP contribution in [0.25, 0.3) is 5.65 Å². The van der Waals surface area contributed by atoms with Gasteiger partial charge >= 0.3 is 0 Å². The maximum atomic E-state index is 12.5. The first-order chi connectivity index (χ1) is 9.28. The highest BCUT2D eigenvalue weighted by molar-refractivity contribution is 5.94. The van der Waals surface area contributed by atoms with Crippen molar-refractivity contribution >= 4 is 11.6 Å². The summed E-state index contributed by atoms with van der Waals surface area (Å²) in [7, 11) is 0. The van der Waals surface area contributed by atoms with Gasteiger partial charge in [-0.3, -0.25) is 4.79 Å². The smallest absolute Gasteiger partial charge is 0.255 e. The summed E-state index contributed by atoms with van der Waals surface area (Å²) in [4.78, 5) is 14.4. The first-order valence-electron chi connectivity index (χ1n) is 6.75. The van der Waals surface area contributed by atoms with E-state index in [1.165, 1.54) is 10.9 Å². The van der Waals surface area contributed by atoms with E-state index in [9.17, 15) is 4.79 Å². The zero-order valence-corrected chi connectivity index (χ0v) is 11.0. The Hall–Kier alpha value is -1.98. The number of tetrazole rings is 1. The topological polar surface area (TPSA) is 63.4 Å². The summed E-state index contributed by atoms with van der Waals surface area (Å²) in [5.74, 6) is 0.713.